The standard InChI is InChI=1S/C15H19N3O/c1-19-13-5-6-14-12(11-13)7-8-16-15(14)17-18-9-3-2-4-10-18/h5-8,11H,2-4,9-10H2,1H3,(H,16,17). The number of pyridine rings is 1. The Kier molecular flexibility index (Phi) is 3.51. The Morgan fingerprint density at radius 2 is 2.00 bits per heavy atom. The molecule has 0 amide bonds. The minimum Gasteiger partial charge on any atom is -0.497 e. The molecule has 1 aromatic carbocycles. The van der Waals surface area contributed by atoms with E-state index in [0.29, 0.717) is 0 Å². The number of piperidine rings is 1. The third-order valence-corrected chi connectivity index (χ3v) is 3.59. The van der Waals surface area contributed by atoms with Crippen LogP contribution in [-0.2, 0) is 0 Å². The molecule has 3 rings (SSSR count). The van der Waals surface area contributed by atoms with Crippen molar-refractivity contribution in [1.29, 1.82) is 0 Å². The fourth-order valence-electron chi connectivity index (χ4n) is 2.53. The maximum absolute atomic E-state index is 5.26. The quantitative estimate of drug-likeness (QED) is 0.917. The summed E-state index contributed by atoms with van der Waals surface area (Å²) in [5.74, 6) is 1.81. The topological polar surface area (TPSA) is 37.4 Å². The van der Waals surface area contributed by atoms with Crippen molar-refractivity contribution in [2.75, 3.05) is 25.6 Å². The van der Waals surface area contributed by atoms with Crippen LogP contribution in [0.25, 0.3) is 10.8 Å². The summed E-state index contributed by atoms with van der Waals surface area (Å²) in [7, 11) is 1.69. The molecule has 4 heteroatoms. The first-order valence-corrected chi connectivity index (χ1v) is 6.81. The van der Waals surface area contributed by atoms with E-state index in [1.54, 1.807) is 7.11 Å². The summed E-state index contributed by atoms with van der Waals surface area (Å²) in [6.45, 7) is 2.18. The van der Waals surface area contributed by atoms with Crippen LogP contribution < -0.4 is 10.2 Å². The van der Waals surface area contributed by atoms with E-state index in [2.05, 4.69) is 21.5 Å². The summed E-state index contributed by atoms with van der Waals surface area (Å²) >= 11 is 0. The van der Waals surface area contributed by atoms with Crippen molar-refractivity contribution in [3.05, 3.63) is 30.5 Å². The number of fused-ring (bicyclic) bond motifs is 1. The van der Waals surface area contributed by atoms with Gasteiger partial charge in [0.1, 0.15) is 11.6 Å². The zero-order valence-corrected chi connectivity index (χ0v) is 11.2. The number of ether oxygens (including phenoxy) is 1. The van der Waals surface area contributed by atoms with Gasteiger partial charge in [-0.05, 0) is 42.5 Å². The molecule has 100 valence electrons. The zero-order chi connectivity index (χ0) is 13.1. The maximum Gasteiger partial charge on any atom is 0.148 e. The molecule has 4 nitrogen and oxygen atoms in total. The zero-order valence-electron chi connectivity index (χ0n) is 11.2. The van der Waals surface area contributed by atoms with Crippen LogP contribution >= 0.6 is 0 Å². The summed E-state index contributed by atoms with van der Waals surface area (Å²) in [4.78, 5) is 4.46. The van der Waals surface area contributed by atoms with Crippen LogP contribution in [0.15, 0.2) is 30.5 Å². The van der Waals surface area contributed by atoms with Gasteiger partial charge in [-0.25, -0.2) is 9.99 Å². The largest absolute Gasteiger partial charge is 0.497 e. The number of anilines is 1. The van der Waals surface area contributed by atoms with E-state index in [-0.39, 0.29) is 0 Å². The molecular weight excluding hydrogens is 238 g/mol. The number of hydrogen-bond donors (Lipinski definition) is 1. The number of hydrogen-bond acceptors (Lipinski definition) is 4. The lowest BCUT2D eigenvalue weighted by atomic mass is 10.1. The highest BCUT2D eigenvalue weighted by Crippen LogP contribution is 2.26. The number of nitrogens with zero attached hydrogens (tertiary/aromatic N) is 2. The highest BCUT2D eigenvalue weighted by Gasteiger charge is 2.11. The summed E-state index contributed by atoms with van der Waals surface area (Å²) in [6.07, 6.45) is 5.68. The van der Waals surface area contributed by atoms with Crippen LogP contribution in [0.3, 0.4) is 0 Å². The van der Waals surface area contributed by atoms with Crippen LogP contribution in [-0.4, -0.2) is 30.2 Å². The minimum absolute atomic E-state index is 0.877. The number of rotatable bonds is 3. The molecule has 1 aliphatic rings. The highest BCUT2D eigenvalue weighted by molar-refractivity contribution is 5.92. The Balaban J connectivity index is 1.90. The van der Waals surface area contributed by atoms with Gasteiger partial charge >= 0.3 is 0 Å². The first-order valence-electron chi connectivity index (χ1n) is 6.81. The van der Waals surface area contributed by atoms with Gasteiger partial charge in [-0.15, -0.1) is 0 Å². The van der Waals surface area contributed by atoms with Gasteiger partial charge in [-0.2, -0.15) is 0 Å². The van der Waals surface area contributed by atoms with E-state index < -0.39 is 0 Å². The highest BCUT2D eigenvalue weighted by atomic mass is 16.5. The van der Waals surface area contributed by atoms with Gasteiger partial charge in [0.2, 0.25) is 0 Å². The second kappa shape index (κ2) is 5.45. The van der Waals surface area contributed by atoms with Crippen LogP contribution in [0.5, 0.6) is 5.75 Å². The fraction of sp³-hybridized carbons (Fsp3) is 0.400. The van der Waals surface area contributed by atoms with Crippen LogP contribution in [0.2, 0.25) is 0 Å². The monoisotopic (exact) mass is 257 g/mol. The molecule has 1 aromatic heterocycles. The lowest BCUT2D eigenvalue weighted by Crippen LogP contribution is -2.35. The number of nitrogens with one attached hydrogen (secondary N) is 1. The average Bonchev–Trinajstić information content (AvgIpc) is 2.48. The normalized spacial score (nSPS) is 16.5. The van der Waals surface area contributed by atoms with Crippen LogP contribution in [0, 0.1) is 0 Å². The van der Waals surface area contributed by atoms with E-state index >= 15 is 0 Å². The predicted molar refractivity (Wildman–Crippen MR) is 77.3 cm³/mol. The Morgan fingerprint density at radius 1 is 1.16 bits per heavy atom. The van der Waals surface area contributed by atoms with Gasteiger partial charge in [0.05, 0.1) is 7.11 Å². The molecule has 0 unspecified atom stereocenters. The van der Waals surface area contributed by atoms with E-state index in [1.807, 2.05) is 24.4 Å². The van der Waals surface area contributed by atoms with Crippen LogP contribution in [0.1, 0.15) is 19.3 Å². The Hall–Kier alpha value is -1.81. The molecule has 0 radical (unpaired) electrons. The summed E-state index contributed by atoms with van der Waals surface area (Å²) < 4.78 is 5.26. The van der Waals surface area contributed by atoms with Gasteiger partial charge in [-0.1, -0.05) is 6.42 Å². The van der Waals surface area contributed by atoms with Gasteiger partial charge in [0.15, 0.2) is 0 Å². The predicted octanol–water partition coefficient (Wildman–Crippen LogP) is 3.06. The van der Waals surface area contributed by atoms with E-state index in [1.165, 1.54) is 19.3 Å². The lowest BCUT2D eigenvalue weighted by Gasteiger charge is -2.27. The SMILES string of the molecule is COc1ccc2c(NN3CCCCC3)nccc2c1. The molecule has 1 aliphatic heterocycles. The van der Waals surface area contributed by atoms with Crippen molar-refractivity contribution < 1.29 is 4.74 Å². The van der Waals surface area contributed by atoms with Crippen molar-refractivity contribution in [1.82, 2.24) is 9.99 Å². The first-order chi connectivity index (χ1) is 9.36. The molecule has 2 aromatic rings. The molecule has 19 heavy (non-hydrogen) atoms. The molecule has 0 saturated carbocycles. The Bertz CT molecular complexity index is 564. The second-order valence-corrected chi connectivity index (χ2v) is 4.91. The van der Waals surface area contributed by atoms with Crippen molar-refractivity contribution in [3.63, 3.8) is 0 Å². The van der Waals surface area contributed by atoms with E-state index in [0.717, 1.165) is 35.4 Å². The summed E-state index contributed by atoms with van der Waals surface area (Å²) in [5, 5.41) is 4.54. The molecule has 2 heterocycles. The van der Waals surface area contributed by atoms with Crippen molar-refractivity contribution in [3.8, 4) is 5.75 Å². The number of aromatic nitrogens is 1. The van der Waals surface area contributed by atoms with Gasteiger partial charge in [-0.3, -0.25) is 0 Å². The van der Waals surface area contributed by atoms with E-state index in [9.17, 15) is 0 Å². The van der Waals surface area contributed by atoms with E-state index in [4.69, 9.17) is 4.74 Å². The molecule has 1 fully saturated rings. The molecule has 1 saturated heterocycles. The number of hydrazine groups is 1. The summed E-state index contributed by atoms with van der Waals surface area (Å²) in [6, 6.07) is 8.09. The number of benzene rings is 1. The molecule has 0 bridgehead atoms. The third kappa shape index (κ3) is 2.63. The summed E-state index contributed by atoms with van der Waals surface area (Å²) in [5.41, 5.74) is 3.44. The smallest absolute Gasteiger partial charge is 0.148 e. The molecule has 0 aliphatic carbocycles. The average molecular weight is 257 g/mol. The second-order valence-electron chi connectivity index (χ2n) is 4.91. The lowest BCUT2D eigenvalue weighted by molar-refractivity contribution is 0.272. The van der Waals surface area contributed by atoms with Crippen molar-refractivity contribution in [2.24, 2.45) is 0 Å². The maximum atomic E-state index is 5.26. The number of methoxy groups -OCH3 is 1. The third-order valence-electron chi connectivity index (χ3n) is 3.59. The molecule has 1 N–H and O–H groups in total. The minimum atomic E-state index is 0.877. The van der Waals surface area contributed by atoms with Crippen molar-refractivity contribution in [2.45, 2.75) is 19.3 Å². The fourth-order valence-corrected chi connectivity index (χ4v) is 2.53. The van der Waals surface area contributed by atoms with Gasteiger partial charge in [0, 0.05) is 24.7 Å². The molecule has 0 atom stereocenters. The van der Waals surface area contributed by atoms with Gasteiger partial charge in [0.25, 0.3) is 0 Å². The Labute approximate surface area is 113 Å². The van der Waals surface area contributed by atoms with Crippen molar-refractivity contribution >= 4 is 16.6 Å². The first kappa shape index (κ1) is 12.2. The molecule has 0 spiro atoms. The van der Waals surface area contributed by atoms with Gasteiger partial charge < -0.3 is 10.2 Å². The Morgan fingerprint density at radius 3 is 2.79 bits per heavy atom. The van der Waals surface area contributed by atoms with Crippen LogP contribution in [0.4, 0.5) is 5.82 Å². The molecular formula is C15H19N3O.